The number of alkyl halides is 4. The van der Waals surface area contributed by atoms with Crippen LogP contribution >= 0.6 is 22.6 Å². The minimum Gasteiger partial charge on any atom is -0.171 e. The largest absolute Gasteiger partial charge is 0.390 e. The zero-order valence-corrected chi connectivity index (χ0v) is 11.6. The predicted octanol–water partition coefficient (Wildman–Crippen LogP) is 5.49. The van der Waals surface area contributed by atoms with Crippen LogP contribution in [0.2, 0.25) is 0 Å². The monoisotopic (exact) mass is 336 g/mol. The number of halogens is 4. The summed E-state index contributed by atoms with van der Waals surface area (Å²) in [6.07, 6.45) is 0.829. The van der Waals surface area contributed by atoms with E-state index in [0.717, 1.165) is 25.7 Å². The highest BCUT2D eigenvalue weighted by Gasteiger charge is 2.39. The smallest absolute Gasteiger partial charge is 0.171 e. The Bertz CT molecular complexity index is 168. The molecule has 0 N–H and O–H groups in total. The van der Waals surface area contributed by atoms with Crippen LogP contribution in [0.3, 0.4) is 0 Å². The molecule has 1 atom stereocenters. The highest BCUT2D eigenvalue weighted by Crippen LogP contribution is 2.40. The maximum atomic E-state index is 12.3. The summed E-state index contributed by atoms with van der Waals surface area (Å²) in [7, 11) is 0. The van der Waals surface area contributed by atoms with E-state index in [1.807, 2.05) is 29.5 Å². The summed E-state index contributed by atoms with van der Waals surface area (Å²) in [5, 5.41) is 0. The molecule has 4 heteroatoms. The molecule has 0 aromatic heterocycles. The van der Waals surface area contributed by atoms with Gasteiger partial charge >= 0.3 is 6.18 Å². The van der Waals surface area contributed by atoms with Crippen LogP contribution in [0, 0.1) is 0 Å². The maximum absolute atomic E-state index is 12.3. The molecule has 0 heterocycles. The first-order chi connectivity index (χ1) is 6.83. The van der Waals surface area contributed by atoms with E-state index in [1.54, 1.807) is 0 Å². The highest BCUT2D eigenvalue weighted by molar-refractivity contribution is 14.1. The standard InChI is InChI=1S/C11H20F3I/c1-3-5-6-7-8-10(15,4-2)9-11(12,13)14/h3-9H2,1-2H3. The maximum Gasteiger partial charge on any atom is 0.390 e. The van der Waals surface area contributed by atoms with Crippen LogP contribution in [0.15, 0.2) is 0 Å². The van der Waals surface area contributed by atoms with Gasteiger partial charge in [0, 0.05) is 3.42 Å². The fourth-order valence-electron chi connectivity index (χ4n) is 1.62. The fraction of sp³-hybridized carbons (Fsp3) is 1.00. The van der Waals surface area contributed by atoms with Crippen LogP contribution < -0.4 is 0 Å². The average Bonchev–Trinajstić information content (AvgIpc) is 2.10. The lowest BCUT2D eigenvalue weighted by atomic mass is 9.94. The van der Waals surface area contributed by atoms with Crippen LogP contribution in [0.1, 0.15) is 58.8 Å². The number of hydrogen-bond donors (Lipinski definition) is 0. The molecule has 1 unspecified atom stereocenters. The minimum atomic E-state index is -4.03. The molecular formula is C11H20F3I. The van der Waals surface area contributed by atoms with Gasteiger partial charge in [0.05, 0.1) is 6.42 Å². The molecule has 0 radical (unpaired) electrons. The van der Waals surface area contributed by atoms with Gasteiger partial charge in [-0.15, -0.1) is 0 Å². The quantitative estimate of drug-likeness (QED) is 0.327. The summed E-state index contributed by atoms with van der Waals surface area (Å²) < 4.78 is 36.3. The van der Waals surface area contributed by atoms with Crippen molar-refractivity contribution in [1.29, 1.82) is 0 Å². The first kappa shape index (κ1) is 15.5. The highest BCUT2D eigenvalue weighted by atomic mass is 127. The summed E-state index contributed by atoms with van der Waals surface area (Å²) in [6.45, 7) is 3.95. The zero-order chi connectivity index (χ0) is 11.9. The van der Waals surface area contributed by atoms with E-state index >= 15 is 0 Å². The van der Waals surface area contributed by atoms with Crippen LogP contribution in [0.25, 0.3) is 0 Å². The molecule has 92 valence electrons. The molecule has 0 fully saturated rings. The summed E-state index contributed by atoms with van der Waals surface area (Å²) >= 11 is 2.00. The van der Waals surface area contributed by atoms with Gasteiger partial charge < -0.3 is 0 Å². The Kier molecular flexibility index (Phi) is 7.21. The lowest BCUT2D eigenvalue weighted by Gasteiger charge is -2.27. The molecule has 15 heavy (non-hydrogen) atoms. The van der Waals surface area contributed by atoms with Crippen molar-refractivity contribution in [2.75, 3.05) is 0 Å². The summed E-state index contributed by atoms with van der Waals surface area (Å²) in [6, 6.07) is 0. The van der Waals surface area contributed by atoms with Gasteiger partial charge in [-0.2, -0.15) is 13.2 Å². The van der Waals surface area contributed by atoms with E-state index in [4.69, 9.17) is 0 Å². The molecule has 0 aromatic rings. The third kappa shape index (κ3) is 8.34. The van der Waals surface area contributed by atoms with E-state index in [9.17, 15) is 13.2 Å². The third-order valence-electron chi connectivity index (χ3n) is 2.63. The Morgan fingerprint density at radius 3 is 2.00 bits per heavy atom. The second kappa shape index (κ2) is 6.97. The van der Waals surface area contributed by atoms with Gasteiger partial charge in [0.15, 0.2) is 0 Å². The van der Waals surface area contributed by atoms with Crippen molar-refractivity contribution in [2.24, 2.45) is 0 Å². The Morgan fingerprint density at radius 1 is 1.00 bits per heavy atom. The summed E-state index contributed by atoms with van der Waals surface area (Å²) in [5.41, 5.74) is 0. The first-order valence-electron chi connectivity index (χ1n) is 5.58. The van der Waals surface area contributed by atoms with E-state index in [-0.39, 0.29) is 0 Å². The molecule has 0 nitrogen and oxygen atoms in total. The zero-order valence-electron chi connectivity index (χ0n) is 9.46. The van der Waals surface area contributed by atoms with Gasteiger partial charge in [-0.3, -0.25) is 0 Å². The van der Waals surface area contributed by atoms with Crippen LogP contribution in [-0.2, 0) is 0 Å². The average molecular weight is 336 g/mol. The van der Waals surface area contributed by atoms with E-state index in [0.29, 0.717) is 12.8 Å². The fourth-order valence-corrected chi connectivity index (χ4v) is 2.43. The van der Waals surface area contributed by atoms with Crippen molar-refractivity contribution in [3.8, 4) is 0 Å². The van der Waals surface area contributed by atoms with Crippen molar-refractivity contribution in [3.63, 3.8) is 0 Å². The number of rotatable bonds is 7. The molecule has 0 rings (SSSR count). The SMILES string of the molecule is CCCCCCC(I)(CC)CC(F)(F)F. The molecule has 0 aliphatic carbocycles. The van der Waals surface area contributed by atoms with E-state index < -0.39 is 16.0 Å². The molecule has 0 bridgehead atoms. The Balaban J connectivity index is 3.96. The number of unbranched alkanes of at least 4 members (excludes halogenated alkanes) is 3. The van der Waals surface area contributed by atoms with Crippen molar-refractivity contribution in [2.45, 2.75) is 68.4 Å². The third-order valence-corrected chi connectivity index (χ3v) is 4.31. The van der Waals surface area contributed by atoms with Gasteiger partial charge in [-0.25, -0.2) is 0 Å². The van der Waals surface area contributed by atoms with Gasteiger partial charge in [-0.1, -0.05) is 62.1 Å². The molecule has 0 amide bonds. The summed E-state index contributed by atoms with van der Waals surface area (Å²) in [5.74, 6) is 0. The van der Waals surface area contributed by atoms with Gasteiger partial charge in [-0.05, 0) is 12.8 Å². The Labute approximate surface area is 104 Å². The molecule has 0 spiro atoms. The van der Waals surface area contributed by atoms with Crippen molar-refractivity contribution < 1.29 is 13.2 Å². The summed E-state index contributed by atoms with van der Waals surface area (Å²) in [4.78, 5) is 0. The molecule has 0 aromatic carbocycles. The molecular weight excluding hydrogens is 316 g/mol. The lowest BCUT2D eigenvalue weighted by Crippen LogP contribution is -2.27. The number of hydrogen-bond acceptors (Lipinski definition) is 0. The molecule has 0 saturated carbocycles. The van der Waals surface area contributed by atoms with Crippen molar-refractivity contribution >= 4 is 22.6 Å². The molecule has 0 aliphatic rings. The second-order valence-corrected chi connectivity index (χ2v) is 6.40. The van der Waals surface area contributed by atoms with Crippen molar-refractivity contribution in [3.05, 3.63) is 0 Å². The second-order valence-electron chi connectivity index (χ2n) is 4.11. The van der Waals surface area contributed by atoms with Gasteiger partial charge in [0.1, 0.15) is 0 Å². The normalized spacial score (nSPS) is 16.4. The predicted molar refractivity (Wildman–Crippen MR) is 66.5 cm³/mol. The first-order valence-corrected chi connectivity index (χ1v) is 6.66. The van der Waals surface area contributed by atoms with Crippen molar-refractivity contribution in [1.82, 2.24) is 0 Å². The van der Waals surface area contributed by atoms with Gasteiger partial charge in [0.2, 0.25) is 0 Å². The van der Waals surface area contributed by atoms with Crippen LogP contribution in [0.5, 0.6) is 0 Å². The Morgan fingerprint density at radius 2 is 1.60 bits per heavy atom. The Hall–Kier alpha value is 0.520. The molecule has 0 saturated heterocycles. The minimum absolute atomic E-state index is 0.580. The van der Waals surface area contributed by atoms with E-state index in [1.165, 1.54) is 0 Å². The van der Waals surface area contributed by atoms with Gasteiger partial charge in [0.25, 0.3) is 0 Å². The van der Waals surface area contributed by atoms with E-state index in [2.05, 4.69) is 6.92 Å². The van der Waals surface area contributed by atoms with Crippen LogP contribution in [0.4, 0.5) is 13.2 Å². The lowest BCUT2D eigenvalue weighted by molar-refractivity contribution is -0.140. The molecule has 0 aliphatic heterocycles. The van der Waals surface area contributed by atoms with Crippen LogP contribution in [-0.4, -0.2) is 9.60 Å². The topological polar surface area (TPSA) is 0 Å².